The number of rotatable bonds is 2. The third-order valence-electron chi connectivity index (χ3n) is 1.05. The summed E-state index contributed by atoms with van der Waals surface area (Å²) in [6.07, 6.45) is 2.60. The Morgan fingerprint density at radius 1 is 1.69 bits per heavy atom. The fourth-order valence-electron chi connectivity index (χ4n) is 0.539. The molecular weight excluding hydrogens is 217 g/mol. The van der Waals surface area contributed by atoms with E-state index in [9.17, 15) is 4.79 Å². The lowest BCUT2D eigenvalue weighted by Crippen LogP contribution is -1.93. The highest BCUT2D eigenvalue weighted by Gasteiger charge is 1.96. The molecule has 0 radical (unpaired) electrons. The van der Waals surface area contributed by atoms with Crippen LogP contribution in [0, 0.1) is 0 Å². The first-order valence-corrected chi connectivity index (χ1v) is 3.44. The van der Waals surface area contributed by atoms with E-state index in [0.29, 0.717) is 5.82 Å². The number of methoxy groups -OCH3 is 1. The molecule has 1 N–H and O–H groups in total. The second-order valence-corrected chi connectivity index (χ2v) is 2.20. The minimum absolute atomic E-state index is 0. The number of esters is 1. The van der Waals surface area contributed by atoms with Gasteiger partial charge in [-0.2, -0.15) is 10.1 Å². The number of ether oxygens (including phenoxy) is 1. The molecule has 7 heteroatoms. The zero-order valence-corrected chi connectivity index (χ0v) is 8.22. The van der Waals surface area contributed by atoms with E-state index in [1.165, 1.54) is 19.3 Å². The normalized spacial score (nSPS) is 9.69. The Bertz CT molecular complexity index is 311. The van der Waals surface area contributed by atoms with E-state index in [1.54, 1.807) is 0 Å². The van der Waals surface area contributed by atoms with Crippen LogP contribution < -0.4 is 0 Å². The van der Waals surface area contributed by atoms with Gasteiger partial charge in [0.05, 0.1) is 7.11 Å². The number of carbonyl (C=O) groups excluding carboxylic acids is 1. The first-order chi connectivity index (χ1) is 5.72. The van der Waals surface area contributed by atoms with Crippen molar-refractivity contribution >= 4 is 36.1 Å². The fourth-order valence-corrected chi connectivity index (χ4v) is 0.668. The maximum absolute atomic E-state index is 10.6. The molecule has 0 spiro atoms. The standard InChI is InChI=1S/C6H6ClN3O2.ClH/c1-12-5(11)3-2-4-8-6(7)10-9-4;/h2-3H,1H3,(H,8,9,10);1H/b3-2-;. The van der Waals surface area contributed by atoms with Crippen LogP contribution in [0.15, 0.2) is 6.08 Å². The predicted molar refractivity (Wildman–Crippen MR) is 49.7 cm³/mol. The summed E-state index contributed by atoms with van der Waals surface area (Å²) in [6.45, 7) is 0. The molecule has 1 rings (SSSR count). The molecule has 1 aromatic rings. The van der Waals surface area contributed by atoms with Crippen LogP contribution >= 0.6 is 24.0 Å². The molecule has 0 aliphatic carbocycles. The second kappa shape index (κ2) is 5.55. The Balaban J connectivity index is 0.00000144. The van der Waals surface area contributed by atoms with Crippen molar-refractivity contribution in [2.75, 3.05) is 7.11 Å². The van der Waals surface area contributed by atoms with Gasteiger partial charge in [-0.05, 0) is 17.7 Å². The quantitative estimate of drug-likeness (QED) is 0.602. The molecule has 0 amide bonds. The van der Waals surface area contributed by atoms with Gasteiger partial charge in [-0.15, -0.1) is 12.4 Å². The van der Waals surface area contributed by atoms with Crippen molar-refractivity contribution in [1.29, 1.82) is 0 Å². The molecule has 0 saturated carbocycles. The molecule has 72 valence electrons. The van der Waals surface area contributed by atoms with Crippen molar-refractivity contribution < 1.29 is 9.53 Å². The minimum atomic E-state index is -0.462. The van der Waals surface area contributed by atoms with Crippen LogP contribution in [0.25, 0.3) is 6.08 Å². The number of halogens is 2. The van der Waals surface area contributed by atoms with Gasteiger partial charge in [0.15, 0.2) is 5.82 Å². The zero-order chi connectivity index (χ0) is 8.97. The lowest BCUT2D eigenvalue weighted by molar-refractivity contribution is -0.134. The van der Waals surface area contributed by atoms with Gasteiger partial charge in [0.2, 0.25) is 5.28 Å². The molecule has 5 nitrogen and oxygen atoms in total. The van der Waals surface area contributed by atoms with Crippen LogP contribution in [-0.2, 0) is 9.53 Å². The van der Waals surface area contributed by atoms with Crippen molar-refractivity contribution in [1.82, 2.24) is 15.2 Å². The van der Waals surface area contributed by atoms with E-state index in [0.717, 1.165) is 0 Å². The summed E-state index contributed by atoms with van der Waals surface area (Å²) in [4.78, 5) is 14.3. The molecular formula is C6H7Cl2N3O2. The second-order valence-electron chi connectivity index (χ2n) is 1.84. The van der Waals surface area contributed by atoms with Gasteiger partial charge in [-0.3, -0.25) is 0 Å². The SMILES string of the molecule is COC(=O)/C=C\c1n[nH]c(Cl)n1.Cl. The van der Waals surface area contributed by atoms with Gasteiger partial charge in [-0.1, -0.05) is 0 Å². The topological polar surface area (TPSA) is 67.9 Å². The molecule has 0 aromatic carbocycles. The summed E-state index contributed by atoms with van der Waals surface area (Å²) in [7, 11) is 1.29. The smallest absolute Gasteiger partial charge is 0.330 e. The molecule has 0 aliphatic heterocycles. The van der Waals surface area contributed by atoms with E-state index >= 15 is 0 Å². The molecule has 0 bridgehead atoms. The molecule has 13 heavy (non-hydrogen) atoms. The highest BCUT2D eigenvalue weighted by atomic mass is 35.5. The summed E-state index contributed by atoms with van der Waals surface area (Å²) in [5, 5.41) is 6.25. The van der Waals surface area contributed by atoms with Crippen molar-refractivity contribution in [3.05, 3.63) is 17.2 Å². The number of H-pyrrole nitrogens is 1. The Hall–Kier alpha value is -1.07. The number of aromatic amines is 1. The first-order valence-electron chi connectivity index (χ1n) is 3.06. The van der Waals surface area contributed by atoms with Crippen LogP contribution in [0.2, 0.25) is 5.28 Å². The summed E-state index contributed by atoms with van der Waals surface area (Å²) in [6, 6.07) is 0. The molecule has 1 heterocycles. The van der Waals surface area contributed by atoms with Gasteiger partial charge in [0, 0.05) is 6.08 Å². The van der Waals surface area contributed by atoms with E-state index in [1.807, 2.05) is 0 Å². The molecule has 0 saturated heterocycles. The van der Waals surface area contributed by atoms with E-state index < -0.39 is 5.97 Å². The fraction of sp³-hybridized carbons (Fsp3) is 0.167. The summed E-state index contributed by atoms with van der Waals surface area (Å²) in [5.41, 5.74) is 0. The maximum Gasteiger partial charge on any atom is 0.330 e. The van der Waals surface area contributed by atoms with Gasteiger partial charge in [-0.25, -0.2) is 9.89 Å². The number of aromatic nitrogens is 3. The zero-order valence-electron chi connectivity index (χ0n) is 6.65. The maximum atomic E-state index is 10.6. The summed E-state index contributed by atoms with van der Waals surface area (Å²) >= 11 is 5.43. The summed E-state index contributed by atoms with van der Waals surface area (Å²) in [5.74, 6) is -0.124. The van der Waals surface area contributed by atoms with Gasteiger partial charge in [0.25, 0.3) is 0 Å². The third kappa shape index (κ3) is 3.91. The highest BCUT2D eigenvalue weighted by molar-refractivity contribution is 6.28. The minimum Gasteiger partial charge on any atom is -0.466 e. The number of hydrogen-bond acceptors (Lipinski definition) is 4. The number of hydrogen-bond donors (Lipinski definition) is 1. The number of nitrogens with zero attached hydrogens (tertiary/aromatic N) is 2. The van der Waals surface area contributed by atoms with Crippen molar-refractivity contribution in [2.24, 2.45) is 0 Å². The van der Waals surface area contributed by atoms with Crippen LogP contribution in [0.1, 0.15) is 5.82 Å². The lowest BCUT2D eigenvalue weighted by Gasteiger charge is -1.86. The Labute approximate surface area is 85.5 Å². The average Bonchev–Trinajstić information content (AvgIpc) is 2.47. The van der Waals surface area contributed by atoms with Gasteiger partial charge in [0.1, 0.15) is 0 Å². The van der Waals surface area contributed by atoms with Crippen LogP contribution in [0.4, 0.5) is 0 Å². The van der Waals surface area contributed by atoms with Crippen LogP contribution in [0.3, 0.4) is 0 Å². The Morgan fingerprint density at radius 3 is 2.85 bits per heavy atom. The summed E-state index contributed by atoms with van der Waals surface area (Å²) < 4.78 is 4.35. The van der Waals surface area contributed by atoms with Crippen LogP contribution in [0.5, 0.6) is 0 Å². The molecule has 0 fully saturated rings. The number of carbonyl (C=O) groups is 1. The van der Waals surface area contributed by atoms with E-state index in [4.69, 9.17) is 11.6 Å². The van der Waals surface area contributed by atoms with Crippen molar-refractivity contribution in [3.63, 3.8) is 0 Å². The molecule has 0 unspecified atom stereocenters. The van der Waals surface area contributed by atoms with Crippen LogP contribution in [-0.4, -0.2) is 28.3 Å². The predicted octanol–water partition coefficient (Wildman–Crippen LogP) is 1.07. The molecule has 0 aliphatic rings. The monoisotopic (exact) mass is 223 g/mol. The third-order valence-corrected chi connectivity index (χ3v) is 1.21. The van der Waals surface area contributed by atoms with Crippen molar-refractivity contribution in [2.45, 2.75) is 0 Å². The Kier molecular flexibility index (Phi) is 5.10. The lowest BCUT2D eigenvalue weighted by atomic mass is 10.5. The van der Waals surface area contributed by atoms with Gasteiger partial charge >= 0.3 is 5.97 Å². The van der Waals surface area contributed by atoms with Crippen molar-refractivity contribution in [3.8, 4) is 0 Å². The average molecular weight is 224 g/mol. The largest absolute Gasteiger partial charge is 0.466 e. The van der Waals surface area contributed by atoms with E-state index in [-0.39, 0.29) is 17.7 Å². The molecule has 0 atom stereocenters. The Morgan fingerprint density at radius 2 is 2.38 bits per heavy atom. The first kappa shape index (κ1) is 11.9. The van der Waals surface area contributed by atoms with Gasteiger partial charge < -0.3 is 4.74 Å². The highest BCUT2D eigenvalue weighted by Crippen LogP contribution is 2.00. The molecule has 1 aromatic heterocycles. The number of nitrogens with one attached hydrogen (secondary N) is 1. The van der Waals surface area contributed by atoms with E-state index in [2.05, 4.69) is 19.9 Å².